The van der Waals surface area contributed by atoms with E-state index in [4.69, 9.17) is 5.73 Å². The van der Waals surface area contributed by atoms with Crippen molar-refractivity contribution in [3.8, 4) is 11.3 Å². The number of aromatic nitrogens is 1. The SMILES string of the molecule is Cc1c(F)cccc1[C@@]1(C(N)=O)Cc2snc(-c3ccccc3)c2C1.[HH].[HH]. The summed E-state index contributed by atoms with van der Waals surface area (Å²) in [4.78, 5) is 13.5. The number of nitrogens with two attached hydrogens (primary N) is 1. The lowest BCUT2D eigenvalue weighted by atomic mass is 9.75. The highest BCUT2D eigenvalue weighted by atomic mass is 32.1. The Morgan fingerprint density at radius 1 is 1.20 bits per heavy atom. The second kappa shape index (κ2) is 5.77. The molecule has 0 bridgehead atoms. The summed E-state index contributed by atoms with van der Waals surface area (Å²) in [7, 11) is 0. The van der Waals surface area contributed by atoms with Gasteiger partial charge in [-0.2, -0.15) is 4.37 Å². The van der Waals surface area contributed by atoms with Crippen LogP contribution < -0.4 is 5.73 Å². The second-order valence-electron chi connectivity index (χ2n) is 6.51. The van der Waals surface area contributed by atoms with E-state index < -0.39 is 11.3 Å². The number of rotatable bonds is 3. The summed E-state index contributed by atoms with van der Waals surface area (Å²) >= 11 is 1.41. The van der Waals surface area contributed by atoms with Gasteiger partial charge in [-0.3, -0.25) is 4.79 Å². The van der Waals surface area contributed by atoms with Crippen molar-refractivity contribution >= 4 is 17.4 Å². The van der Waals surface area contributed by atoms with E-state index in [-0.39, 0.29) is 8.67 Å². The molecule has 1 aliphatic carbocycles. The Morgan fingerprint density at radius 3 is 2.68 bits per heavy atom. The van der Waals surface area contributed by atoms with E-state index in [9.17, 15) is 9.18 Å². The third-order valence-electron chi connectivity index (χ3n) is 5.11. The zero-order valence-corrected chi connectivity index (χ0v) is 14.6. The summed E-state index contributed by atoms with van der Waals surface area (Å²) in [5.74, 6) is -0.724. The number of halogens is 1. The minimum atomic E-state index is -0.903. The molecular weight excluding hydrogens is 335 g/mol. The lowest BCUT2D eigenvalue weighted by Crippen LogP contribution is -2.43. The summed E-state index contributed by atoms with van der Waals surface area (Å²) in [6, 6.07) is 14.8. The highest BCUT2D eigenvalue weighted by molar-refractivity contribution is 7.06. The van der Waals surface area contributed by atoms with Crippen LogP contribution in [0.2, 0.25) is 0 Å². The molecule has 0 unspecified atom stereocenters. The predicted molar refractivity (Wildman–Crippen MR) is 101 cm³/mol. The maximum Gasteiger partial charge on any atom is 0.228 e. The number of fused-ring (bicyclic) bond motifs is 1. The van der Waals surface area contributed by atoms with Gasteiger partial charge in [0, 0.05) is 19.7 Å². The number of hydrogen-bond donors (Lipinski definition) is 1. The molecule has 0 saturated heterocycles. The predicted octanol–water partition coefficient (Wildman–Crippen LogP) is 4.27. The Bertz CT molecular complexity index is 977. The van der Waals surface area contributed by atoms with E-state index in [1.807, 2.05) is 36.4 Å². The van der Waals surface area contributed by atoms with Crippen molar-refractivity contribution in [1.82, 2.24) is 4.37 Å². The molecule has 0 fully saturated rings. The Hall–Kier alpha value is -2.53. The molecule has 0 radical (unpaired) electrons. The van der Waals surface area contributed by atoms with Crippen molar-refractivity contribution in [2.45, 2.75) is 25.2 Å². The quantitative estimate of drug-likeness (QED) is 0.762. The smallest absolute Gasteiger partial charge is 0.228 e. The monoisotopic (exact) mass is 356 g/mol. The Kier molecular flexibility index (Phi) is 3.69. The molecule has 1 aromatic heterocycles. The average molecular weight is 356 g/mol. The van der Waals surface area contributed by atoms with Crippen molar-refractivity contribution in [1.29, 1.82) is 0 Å². The fraction of sp³-hybridized carbons (Fsp3) is 0.200. The maximum absolute atomic E-state index is 14.1. The molecule has 3 aromatic rings. The van der Waals surface area contributed by atoms with Crippen LogP contribution in [0.25, 0.3) is 11.3 Å². The molecule has 1 amide bonds. The molecule has 0 aliphatic heterocycles. The molecule has 2 aromatic carbocycles. The van der Waals surface area contributed by atoms with Gasteiger partial charge in [-0.25, -0.2) is 4.39 Å². The summed E-state index contributed by atoms with van der Waals surface area (Å²) in [6.45, 7) is 1.71. The normalized spacial score (nSPS) is 19.0. The van der Waals surface area contributed by atoms with E-state index >= 15 is 0 Å². The summed E-state index contributed by atoms with van der Waals surface area (Å²) in [5, 5.41) is 0. The van der Waals surface area contributed by atoms with Gasteiger partial charge in [-0.05, 0) is 47.6 Å². The van der Waals surface area contributed by atoms with Gasteiger partial charge in [-0.15, -0.1) is 0 Å². The van der Waals surface area contributed by atoms with Gasteiger partial charge in [0.1, 0.15) is 5.82 Å². The number of hydrogen-bond acceptors (Lipinski definition) is 3. The van der Waals surface area contributed by atoms with Gasteiger partial charge >= 0.3 is 0 Å². The van der Waals surface area contributed by atoms with Crippen LogP contribution in [-0.4, -0.2) is 10.3 Å². The Labute approximate surface area is 152 Å². The number of carbonyl (C=O) groups excluding carboxylic acids is 1. The minimum absolute atomic E-state index is 0. The van der Waals surface area contributed by atoms with Gasteiger partial charge < -0.3 is 5.73 Å². The van der Waals surface area contributed by atoms with Crippen LogP contribution >= 0.6 is 11.5 Å². The lowest BCUT2D eigenvalue weighted by molar-refractivity contribution is -0.123. The Morgan fingerprint density at radius 2 is 1.96 bits per heavy atom. The first-order valence-corrected chi connectivity index (χ1v) is 8.88. The van der Waals surface area contributed by atoms with Crippen LogP contribution in [-0.2, 0) is 23.1 Å². The third kappa shape index (κ3) is 2.38. The molecule has 4 rings (SSSR count). The molecule has 0 spiro atoms. The molecule has 130 valence electrons. The standard InChI is InChI=1S/C20H17FN2OS.2H2/c1-12-15(8-5-9-16(12)21)20(19(22)24)10-14-17(11-20)25-23-18(14)13-6-3-2-4-7-13;;/h2-9H,10-11H2,1H3,(H2,22,24);2*1H/t20-;;/m0../s1. The summed E-state index contributed by atoms with van der Waals surface area (Å²) < 4.78 is 18.7. The first kappa shape index (κ1) is 16.0. The van der Waals surface area contributed by atoms with Crippen LogP contribution in [0.1, 0.15) is 24.4 Å². The Balaban J connectivity index is 0.00000131. The number of carbonyl (C=O) groups is 1. The highest BCUT2D eigenvalue weighted by Crippen LogP contribution is 2.46. The molecule has 0 saturated carbocycles. The second-order valence-corrected chi connectivity index (χ2v) is 7.37. The molecule has 1 aliphatic rings. The average Bonchev–Trinajstić information content (AvgIpc) is 3.16. The third-order valence-corrected chi connectivity index (χ3v) is 6.00. The molecule has 2 N–H and O–H groups in total. The zero-order valence-electron chi connectivity index (χ0n) is 13.8. The van der Waals surface area contributed by atoms with Gasteiger partial charge in [0.2, 0.25) is 5.91 Å². The first-order chi connectivity index (χ1) is 12.0. The summed E-state index contributed by atoms with van der Waals surface area (Å²) in [5.41, 5.74) is 9.08. The van der Waals surface area contributed by atoms with Gasteiger partial charge in [0.15, 0.2) is 0 Å². The lowest BCUT2D eigenvalue weighted by Gasteiger charge is -2.28. The van der Waals surface area contributed by atoms with E-state index in [1.54, 1.807) is 13.0 Å². The number of nitrogens with zero attached hydrogens (tertiary/aromatic N) is 1. The summed E-state index contributed by atoms with van der Waals surface area (Å²) in [6.07, 6.45) is 0.940. The largest absolute Gasteiger partial charge is 0.369 e. The molecule has 5 heteroatoms. The van der Waals surface area contributed by atoms with Gasteiger partial charge in [0.05, 0.1) is 11.1 Å². The van der Waals surface area contributed by atoms with Gasteiger partial charge in [0.25, 0.3) is 0 Å². The molecule has 3 nitrogen and oxygen atoms in total. The first-order valence-electron chi connectivity index (χ1n) is 8.11. The van der Waals surface area contributed by atoms with Crippen LogP contribution in [0.4, 0.5) is 4.39 Å². The van der Waals surface area contributed by atoms with Crippen molar-refractivity contribution in [2.24, 2.45) is 5.73 Å². The van der Waals surface area contributed by atoms with Crippen molar-refractivity contribution in [2.75, 3.05) is 0 Å². The molecule has 1 atom stereocenters. The van der Waals surface area contributed by atoms with Crippen molar-refractivity contribution in [3.05, 3.63) is 75.9 Å². The van der Waals surface area contributed by atoms with Crippen LogP contribution in [0.5, 0.6) is 0 Å². The zero-order chi connectivity index (χ0) is 17.6. The fourth-order valence-electron chi connectivity index (χ4n) is 3.75. The maximum atomic E-state index is 14.1. The van der Waals surface area contributed by atoms with E-state index in [0.29, 0.717) is 24.0 Å². The van der Waals surface area contributed by atoms with Crippen molar-refractivity contribution in [3.63, 3.8) is 0 Å². The van der Waals surface area contributed by atoms with Gasteiger partial charge in [-0.1, -0.05) is 42.5 Å². The van der Waals surface area contributed by atoms with E-state index in [2.05, 4.69) is 4.37 Å². The van der Waals surface area contributed by atoms with Crippen molar-refractivity contribution < 1.29 is 12.0 Å². The van der Waals surface area contributed by atoms with Crippen LogP contribution in [0.15, 0.2) is 48.5 Å². The topological polar surface area (TPSA) is 56.0 Å². The molecular formula is C20H21FN2OS. The van der Waals surface area contributed by atoms with Crippen LogP contribution in [0, 0.1) is 12.7 Å². The number of benzene rings is 2. The van der Waals surface area contributed by atoms with E-state index in [0.717, 1.165) is 21.7 Å². The number of amides is 1. The molecule has 1 heterocycles. The minimum Gasteiger partial charge on any atom is -0.369 e. The highest BCUT2D eigenvalue weighted by Gasteiger charge is 2.47. The molecule has 25 heavy (non-hydrogen) atoms. The number of primary amides is 1. The fourth-order valence-corrected chi connectivity index (χ4v) is 4.76. The van der Waals surface area contributed by atoms with E-state index in [1.165, 1.54) is 17.6 Å². The van der Waals surface area contributed by atoms with Crippen LogP contribution in [0.3, 0.4) is 0 Å².